The molecule has 0 amide bonds. The molecular weight excluding hydrogens is 258 g/mol. The van der Waals surface area contributed by atoms with E-state index in [4.69, 9.17) is 10.5 Å². The summed E-state index contributed by atoms with van der Waals surface area (Å²) >= 11 is 0. The first kappa shape index (κ1) is 15.6. The zero-order valence-electron chi connectivity index (χ0n) is 13.2. The Labute approximate surface area is 127 Å². The highest BCUT2D eigenvalue weighted by Crippen LogP contribution is 2.18. The van der Waals surface area contributed by atoms with Crippen molar-refractivity contribution in [1.29, 1.82) is 0 Å². The Morgan fingerprint density at radius 2 is 1.52 bits per heavy atom. The molecule has 2 aromatic rings. The van der Waals surface area contributed by atoms with Crippen molar-refractivity contribution in [2.45, 2.75) is 26.7 Å². The summed E-state index contributed by atoms with van der Waals surface area (Å²) in [5.41, 5.74) is 11.4. The van der Waals surface area contributed by atoms with Gasteiger partial charge in [0.05, 0.1) is 7.11 Å². The number of hydrogen-bond acceptors (Lipinski definition) is 2. The molecule has 0 heterocycles. The molecular formula is C19H25NO. The summed E-state index contributed by atoms with van der Waals surface area (Å²) < 4.78 is 5.20. The molecule has 0 spiro atoms. The van der Waals surface area contributed by atoms with Crippen molar-refractivity contribution < 1.29 is 4.74 Å². The molecule has 2 aromatic carbocycles. The Hall–Kier alpha value is -1.80. The van der Waals surface area contributed by atoms with Crippen LogP contribution in [0.3, 0.4) is 0 Å². The molecule has 0 aromatic heterocycles. The normalized spacial score (nSPS) is 12.2. The van der Waals surface area contributed by atoms with Crippen molar-refractivity contribution in [1.82, 2.24) is 0 Å². The van der Waals surface area contributed by atoms with E-state index in [1.807, 2.05) is 12.1 Å². The molecule has 21 heavy (non-hydrogen) atoms. The third kappa shape index (κ3) is 4.33. The largest absolute Gasteiger partial charge is 0.497 e. The maximum atomic E-state index is 5.97. The number of ether oxygens (including phenoxy) is 1. The summed E-state index contributed by atoms with van der Waals surface area (Å²) in [7, 11) is 1.69. The van der Waals surface area contributed by atoms with Gasteiger partial charge in [0.2, 0.25) is 0 Å². The molecule has 2 heteroatoms. The van der Waals surface area contributed by atoms with Crippen molar-refractivity contribution in [3.8, 4) is 5.75 Å². The van der Waals surface area contributed by atoms with Crippen LogP contribution in [0.2, 0.25) is 0 Å². The van der Waals surface area contributed by atoms with Gasteiger partial charge in [0.25, 0.3) is 0 Å². The predicted octanol–water partition coefficient (Wildman–Crippen LogP) is 3.67. The fourth-order valence-corrected chi connectivity index (χ4v) is 2.60. The number of methoxy groups -OCH3 is 1. The first-order valence-corrected chi connectivity index (χ1v) is 7.51. The van der Waals surface area contributed by atoms with E-state index >= 15 is 0 Å². The van der Waals surface area contributed by atoms with Crippen molar-refractivity contribution in [2.75, 3.05) is 13.7 Å². The highest BCUT2D eigenvalue weighted by molar-refractivity contribution is 5.31. The van der Waals surface area contributed by atoms with Gasteiger partial charge in [-0.1, -0.05) is 30.3 Å². The minimum atomic E-state index is 0.473. The zero-order valence-corrected chi connectivity index (χ0v) is 13.2. The molecule has 0 saturated heterocycles. The molecule has 0 bridgehead atoms. The van der Waals surface area contributed by atoms with E-state index in [-0.39, 0.29) is 0 Å². The second-order valence-electron chi connectivity index (χ2n) is 5.78. The Balaban J connectivity index is 2.03. The van der Waals surface area contributed by atoms with Crippen molar-refractivity contribution in [2.24, 2.45) is 11.7 Å². The van der Waals surface area contributed by atoms with Gasteiger partial charge in [-0.15, -0.1) is 0 Å². The molecule has 2 nitrogen and oxygen atoms in total. The highest BCUT2D eigenvalue weighted by atomic mass is 16.5. The Morgan fingerprint density at radius 1 is 0.905 bits per heavy atom. The van der Waals surface area contributed by atoms with Crippen LogP contribution in [0.1, 0.15) is 22.3 Å². The summed E-state index contributed by atoms with van der Waals surface area (Å²) in [6, 6.07) is 15.0. The molecule has 112 valence electrons. The molecule has 1 unspecified atom stereocenters. The summed E-state index contributed by atoms with van der Waals surface area (Å²) in [6.45, 7) is 5.02. The van der Waals surface area contributed by atoms with Crippen LogP contribution < -0.4 is 10.5 Å². The van der Waals surface area contributed by atoms with Gasteiger partial charge >= 0.3 is 0 Å². The quantitative estimate of drug-likeness (QED) is 0.878. The number of hydrogen-bond donors (Lipinski definition) is 1. The topological polar surface area (TPSA) is 35.2 Å². The Morgan fingerprint density at radius 3 is 2.10 bits per heavy atom. The first-order chi connectivity index (χ1) is 10.1. The summed E-state index contributed by atoms with van der Waals surface area (Å²) in [4.78, 5) is 0. The van der Waals surface area contributed by atoms with Crippen molar-refractivity contribution in [3.63, 3.8) is 0 Å². The highest BCUT2D eigenvalue weighted by Gasteiger charge is 2.10. The lowest BCUT2D eigenvalue weighted by atomic mass is 9.91. The molecule has 0 saturated carbocycles. The molecule has 0 aliphatic rings. The lowest BCUT2D eigenvalue weighted by Gasteiger charge is -2.16. The molecule has 0 fully saturated rings. The van der Waals surface area contributed by atoms with Crippen LogP contribution in [0.5, 0.6) is 5.75 Å². The van der Waals surface area contributed by atoms with Gasteiger partial charge in [-0.3, -0.25) is 0 Å². The van der Waals surface area contributed by atoms with Crippen molar-refractivity contribution in [3.05, 3.63) is 64.7 Å². The average molecular weight is 283 g/mol. The molecule has 2 rings (SSSR count). The van der Waals surface area contributed by atoms with E-state index < -0.39 is 0 Å². The van der Waals surface area contributed by atoms with Gasteiger partial charge in [0.15, 0.2) is 0 Å². The first-order valence-electron chi connectivity index (χ1n) is 7.51. The third-order valence-electron chi connectivity index (χ3n) is 4.11. The molecule has 0 aliphatic heterocycles. The van der Waals surface area contributed by atoms with Crippen LogP contribution in [0.4, 0.5) is 0 Å². The predicted molar refractivity (Wildman–Crippen MR) is 88.9 cm³/mol. The minimum absolute atomic E-state index is 0.473. The van der Waals surface area contributed by atoms with Crippen LogP contribution in [0, 0.1) is 19.8 Å². The van der Waals surface area contributed by atoms with Gasteiger partial charge in [0.1, 0.15) is 5.75 Å². The summed E-state index contributed by atoms with van der Waals surface area (Å²) in [5, 5.41) is 0. The van der Waals surface area contributed by atoms with Gasteiger partial charge in [-0.2, -0.15) is 0 Å². The summed E-state index contributed by atoms with van der Waals surface area (Å²) in [5.74, 6) is 1.37. The van der Waals surface area contributed by atoms with Crippen LogP contribution in [-0.4, -0.2) is 13.7 Å². The van der Waals surface area contributed by atoms with Gasteiger partial charge in [-0.25, -0.2) is 0 Å². The Bertz CT molecular complexity index is 575. The van der Waals surface area contributed by atoms with Crippen LogP contribution in [-0.2, 0) is 12.8 Å². The van der Waals surface area contributed by atoms with Crippen LogP contribution in [0.25, 0.3) is 0 Å². The van der Waals surface area contributed by atoms with E-state index in [9.17, 15) is 0 Å². The van der Waals surface area contributed by atoms with E-state index in [1.165, 1.54) is 22.3 Å². The Kier molecular flexibility index (Phi) is 5.40. The lowest BCUT2D eigenvalue weighted by molar-refractivity contribution is 0.414. The molecule has 2 N–H and O–H groups in total. The van der Waals surface area contributed by atoms with E-state index in [0.717, 1.165) is 18.6 Å². The van der Waals surface area contributed by atoms with E-state index in [0.29, 0.717) is 12.5 Å². The average Bonchev–Trinajstić information content (AvgIpc) is 2.51. The van der Waals surface area contributed by atoms with Gasteiger partial charge < -0.3 is 10.5 Å². The molecule has 1 atom stereocenters. The van der Waals surface area contributed by atoms with E-state index in [1.54, 1.807) is 7.11 Å². The number of rotatable bonds is 6. The second-order valence-corrected chi connectivity index (χ2v) is 5.78. The fourth-order valence-electron chi connectivity index (χ4n) is 2.60. The molecule has 0 radical (unpaired) electrons. The third-order valence-corrected chi connectivity index (χ3v) is 4.11. The van der Waals surface area contributed by atoms with E-state index in [2.05, 4.69) is 44.2 Å². The maximum absolute atomic E-state index is 5.97. The number of nitrogens with two attached hydrogens (primary N) is 1. The van der Waals surface area contributed by atoms with Crippen LogP contribution in [0.15, 0.2) is 42.5 Å². The number of benzene rings is 2. The standard InChI is InChI=1S/C19H25NO/c1-14-4-5-17(10-15(14)2)12-18(13-20)11-16-6-8-19(21-3)9-7-16/h4-10,18H,11-13,20H2,1-3H3. The number of aryl methyl sites for hydroxylation is 2. The van der Waals surface area contributed by atoms with Crippen molar-refractivity contribution >= 4 is 0 Å². The molecule has 0 aliphatic carbocycles. The minimum Gasteiger partial charge on any atom is -0.497 e. The SMILES string of the molecule is COc1ccc(CC(CN)Cc2ccc(C)c(C)c2)cc1. The van der Waals surface area contributed by atoms with Crippen LogP contribution >= 0.6 is 0 Å². The summed E-state index contributed by atoms with van der Waals surface area (Å²) in [6.07, 6.45) is 2.04. The monoisotopic (exact) mass is 283 g/mol. The zero-order chi connectivity index (χ0) is 15.2. The fraction of sp³-hybridized carbons (Fsp3) is 0.368. The lowest BCUT2D eigenvalue weighted by Crippen LogP contribution is -2.19. The van der Waals surface area contributed by atoms with Gasteiger partial charge in [0, 0.05) is 0 Å². The second kappa shape index (κ2) is 7.28. The maximum Gasteiger partial charge on any atom is 0.118 e. The smallest absolute Gasteiger partial charge is 0.118 e. The van der Waals surface area contributed by atoms with Gasteiger partial charge in [-0.05, 0) is 73.5 Å².